The summed E-state index contributed by atoms with van der Waals surface area (Å²) in [6.45, 7) is 2.17. The van der Waals surface area contributed by atoms with Gasteiger partial charge in [0, 0.05) is 0 Å². The molecule has 0 aromatic heterocycles. The molecule has 1 aliphatic heterocycles. The maximum atomic E-state index is 5.29. The highest BCUT2D eigenvalue weighted by Gasteiger charge is 2.24. The Bertz CT molecular complexity index is 356. The molecule has 4 heteroatoms. The highest BCUT2D eigenvalue weighted by Crippen LogP contribution is 2.48. The minimum atomic E-state index is 0.234. The van der Waals surface area contributed by atoms with Crippen molar-refractivity contribution in [3.8, 4) is 23.0 Å². The second kappa shape index (κ2) is 3.29. The lowest BCUT2D eigenvalue weighted by Gasteiger charge is -2.12. The average Bonchev–Trinajstić information content (AvgIpc) is 2.62. The summed E-state index contributed by atoms with van der Waals surface area (Å²) in [5.74, 6) is 2.62. The van der Waals surface area contributed by atoms with Gasteiger partial charge in [-0.2, -0.15) is 0 Å². The highest BCUT2D eigenvalue weighted by atomic mass is 16.7. The van der Waals surface area contributed by atoms with E-state index in [-0.39, 0.29) is 6.79 Å². The monoisotopic (exact) mass is 196 g/mol. The molecule has 1 heterocycles. The molecule has 1 aromatic rings. The van der Waals surface area contributed by atoms with Gasteiger partial charge >= 0.3 is 0 Å². The summed E-state index contributed by atoms with van der Waals surface area (Å²) in [6, 6.07) is 1.88. The van der Waals surface area contributed by atoms with E-state index in [0.29, 0.717) is 23.0 Å². The minimum absolute atomic E-state index is 0.234. The molecule has 0 N–H and O–H groups in total. The van der Waals surface area contributed by atoms with Crippen molar-refractivity contribution < 1.29 is 18.9 Å². The smallest absolute Gasteiger partial charge is 0.231 e. The summed E-state index contributed by atoms with van der Waals surface area (Å²) in [5, 5.41) is 0. The maximum Gasteiger partial charge on any atom is 0.231 e. The van der Waals surface area contributed by atoms with Crippen molar-refractivity contribution >= 4 is 0 Å². The Kier molecular flexibility index (Phi) is 2.11. The fourth-order valence-corrected chi connectivity index (χ4v) is 1.56. The van der Waals surface area contributed by atoms with Crippen LogP contribution >= 0.6 is 0 Å². The molecule has 1 aliphatic rings. The first-order valence-corrected chi connectivity index (χ1v) is 4.29. The molecule has 0 aliphatic carbocycles. The van der Waals surface area contributed by atoms with E-state index in [1.54, 1.807) is 14.2 Å². The first kappa shape index (κ1) is 8.99. The molecule has 1 aromatic carbocycles. The predicted molar refractivity (Wildman–Crippen MR) is 50.4 cm³/mol. The Labute approximate surface area is 82.3 Å². The molecule has 0 amide bonds. The van der Waals surface area contributed by atoms with Gasteiger partial charge in [0.15, 0.2) is 11.5 Å². The Balaban J connectivity index is 2.62. The first-order chi connectivity index (χ1) is 6.77. The number of hydrogen-bond acceptors (Lipinski definition) is 4. The van der Waals surface area contributed by atoms with Crippen molar-refractivity contribution in [3.05, 3.63) is 11.6 Å². The van der Waals surface area contributed by atoms with E-state index in [1.165, 1.54) is 0 Å². The zero-order valence-corrected chi connectivity index (χ0v) is 8.42. The number of aryl methyl sites for hydroxylation is 1. The number of rotatable bonds is 2. The largest absolute Gasteiger partial charge is 0.492 e. The minimum Gasteiger partial charge on any atom is -0.492 e. The molecule has 76 valence electrons. The molecule has 4 nitrogen and oxygen atoms in total. The Morgan fingerprint density at radius 2 is 1.86 bits per heavy atom. The van der Waals surface area contributed by atoms with Crippen LogP contribution in [0.15, 0.2) is 6.07 Å². The summed E-state index contributed by atoms with van der Waals surface area (Å²) in [6.07, 6.45) is 0. The number of hydrogen-bond donors (Lipinski definition) is 0. The van der Waals surface area contributed by atoms with E-state index in [4.69, 9.17) is 18.9 Å². The van der Waals surface area contributed by atoms with E-state index in [2.05, 4.69) is 0 Å². The van der Waals surface area contributed by atoms with Crippen LogP contribution in [-0.4, -0.2) is 21.0 Å². The third-order valence-electron chi connectivity index (χ3n) is 2.17. The Hall–Kier alpha value is -1.58. The average molecular weight is 196 g/mol. The van der Waals surface area contributed by atoms with Crippen molar-refractivity contribution in [1.29, 1.82) is 0 Å². The van der Waals surface area contributed by atoms with E-state index >= 15 is 0 Å². The van der Waals surface area contributed by atoms with Crippen molar-refractivity contribution in [1.82, 2.24) is 0 Å². The van der Waals surface area contributed by atoms with Gasteiger partial charge in [-0.1, -0.05) is 0 Å². The summed E-state index contributed by atoms with van der Waals surface area (Å²) in [7, 11) is 3.19. The van der Waals surface area contributed by atoms with Gasteiger partial charge in [-0.25, -0.2) is 0 Å². The van der Waals surface area contributed by atoms with Crippen LogP contribution < -0.4 is 18.9 Å². The zero-order valence-electron chi connectivity index (χ0n) is 8.42. The Morgan fingerprint density at radius 1 is 1.14 bits per heavy atom. The molecule has 0 spiro atoms. The van der Waals surface area contributed by atoms with Crippen LogP contribution in [0.2, 0.25) is 0 Å². The van der Waals surface area contributed by atoms with Gasteiger partial charge in [-0.05, 0) is 18.6 Å². The number of methoxy groups -OCH3 is 2. The zero-order chi connectivity index (χ0) is 10.1. The molecule has 0 bridgehead atoms. The van der Waals surface area contributed by atoms with Crippen LogP contribution in [0.1, 0.15) is 5.56 Å². The summed E-state index contributed by atoms with van der Waals surface area (Å²) < 4.78 is 21.0. The van der Waals surface area contributed by atoms with Crippen molar-refractivity contribution in [3.63, 3.8) is 0 Å². The molecular formula is C10H12O4. The lowest BCUT2D eigenvalue weighted by atomic mass is 10.2. The fraction of sp³-hybridized carbons (Fsp3) is 0.400. The fourth-order valence-electron chi connectivity index (χ4n) is 1.56. The molecular weight excluding hydrogens is 184 g/mol. The van der Waals surface area contributed by atoms with Crippen molar-refractivity contribution in [2.75, 3.05) is 21.0 Å². The molecule has 0 fully saturated rings. The van der Waals surface area contributed by atoms with Crippen molar-refractivity contribution in [2.45, 2.75) is 6.92 Å². The maximum absolute atomic E-state index is 5.29. The van der Waals surface area contributed by atoms with E-state index in [1.807, 2.05) is 13.0 Å². The molecule has 0 unspecified atom stereocenters. The summed E-state index contributed by atoms with van der Waals surface area (Å²) in [5.41, 5.74) is 0.966. The topological polar surface area (TPSA) is 36.9 Å². The number of benzene rings is 1. The molecule has 0 radical (unpaired) electrons. The van der Waals surface area contributed by atoms with Crippen LogP contribution in [0.3, 0.4) is 0 Å². The standard InChI is InChI=1S/C10H12O4/c1-6-4-7-9(14-5-13-7)10(12-3)8(6)11-2/h4H,5H2,1-3H3. The van der Waals surface area contributed by atoms with Crippen molar-refractivity contribution in [2.24, 2.45) is 0 Å². The van der Waals surface area contributed by atoms with Crippen LogP contribution in [0, 0.1) is 6.92 Å². The van der Waals surface area contributed by atoms with Crippen LogP contribution in [0.5, 0.6) is 23.0 Å². The second-order valence-electron chi connectivity index (χ2n) is 2.99. The van der Waals surface area contributed by atoms with Gasteiger partial charge in [0.05, 0.1) is 14.2 Å². The van der Waals surface area contributed by atoms with Gasteiger partial charge in [0.25, 0.3) is 0 Å². The van der Waals surface area contributed by atoms with Gasteiger partial charge in [-0.3, -0.25) is 0 Å². The highest BCUT2D eigenvalue weighted by molar-refractivity contribution is 5.63. The summed E-state index contributed by atoms with van der Waals surface area (Å²) in [4.78, 5) is 0. The van der Waals surface area contributed by atoms with Gasteiger partial charge in [-0.15, -0.1) is 0 Å². The lowest BCUT2D eigenvalue weighted by Crippen LogP contribution is -1.95. The second-order valence-corrected chi connectivity index (χ2v) is 2.99. The van der Waals surface area contributed by atoms with E-state index in [9.17, 15) is 0 Å². The summed E-state index contributed by atoms with van der Waals surface area (Å²) >= 11 is 0. The quantitative estimate of drug-likeness (QED) is 0.722. The van der Waals surface area contributed by atoms with Gasteiger partial charge in [0.1, 0.15) is 0 Å². The molecule has 0 saturated heterocycles. The third-order valence-corrected chi connectivity index (χ3v) is 2.17. The van der Waals surface area contributed by atoms with Gasteiger partial charge in [0.2, 0.25) is 18.3 Å². The first-order valence-electron chi connectivity index (χ1n) is 4.29. The van der Waals surface area contributed by atoms with E-state index < -0.39 is 0 Å². The van der Waals surface area contributed by atoms with Crippen LogP contribution in [0.4, 0.5) is 0 Å². The SMILES string of the molecule is COc1c(C)cc2c(c1OC)OCO2. The number of ether oxygens (including phenoxy) is 4. The van der Waals surface area contributed by atoms with E-state index in [0.717, 1.165) is 5.56 Å². The third kappa shape index (κ3) is 1.14. The molecule has 14 heavy (non-hydrogen) atoms. The van der Waals surface area contributed by atoms with Crippen LogP contribution in [0.25, 0.3) is 0 Å². The lowest BCUT2D eigenvalue weighted by molar-refractivity contribution is 0.170. The number of fused-ring (bicyclic) bond motifs is 1. The predicted octanol–water partition coefficient (Wildman–Crippen LogP) is 1.74. The molecule has 0 atom stereocenters. The van der Waals surface area contributed by atoms with Crippen LogP contribution in [-0.2, 0) is 0 Å². The Morgan fingerprint density at radius 3 is 2.50 bits per heavy atom. The molecule has 2 rings (SSSR count). The molecule has 0 saturated carbocycles. The van der Waals surface area contributed by atoms with Gasteiger partial charge < -0.3 is 18.9 Å². The normalized spacial score (nSPS) is 12.8.